The first-order valence-corrected chi connectivity index (χ1v) is 11.5. The molecule has 1 aliphatic carbocycles. The number of anilines is 1. The number of fused-ring (bicyclic) bond motifs is 4. The number of nitrogen functional groups attached to an aromatic ring is 1. The number of nitrogens with two attached hydrogens (primary N) is 1. The first-order valence-electron chi connectivity index (χ1n) is 11.5. The fraction of sp³-hybridized carbons (Fsp3) is 0.172. The summed E-state index contributed by atoms with van der Waals surface area (Å²) in [6.45, 7) is 0.648. The molecular formula is C29H25N3O2. The summed E-state index contributed by atoms with van der Waals surface area (Å²) >= 11 is 0. The van der Waals surface area contributed by atoms with Gasteiger partial charge in [-0.2, -0.15) is 0 Å². The molecule has 0 amide bonds. The summed E-state index contributed by atoms with van der Waals surface area (Å²) < 4.78 is 7.52. The highest BCUT2D eigenvalue weighted by atomic mass is 16.5. The van der Waals surface area contributed by atoms with Gasteiger partial charge in [0.05, 0.1) is 35.0 Å². The van der Waals surface area contributed by atoms with Crippen molar-refractivity contribution in [3.8, 4) is 5.75 Å². The molecule has 34 heavy (non-hydrogen) atoms. The first kappa shape index (κ1) is 20.5. The Labute approximate surface area is 197 Å². The lowest BCUT2D eigenvalue weighted by Crippen LogP contribution is -2.22. The number of hydrogen-bond acceptors (Lipinski definition) is 4. The highest BCUT2D eigenvalue weighted by Crippen LogP contribution is 2.40. The molecule has 1 atom stereocenters. The predicted octanol–water partition coefficient (Wildman–Crippen LogP) is 5.74. The molecule has 2 N–H and O–H groups in total. The summed E-state index contributed by atoms with van der Waals surface area (Å²) in [4.78, 5) is 18.4. The molecule has 0 bridgehead atoms. The third kappa shape index (κ3) is 3.24. The van der Waals surface area contributed by atoms with Crippen LogP contribution in [0.1, 0.15) is 39.5 Å². The zero-order valence-electron chi connectivity index (χ0n) is 19.0. The van der Waals surface area contributed by atoms with Gasteiger partial charge in [0, 0.05) is 18.4 Å². The lowest BCUT2D eigenvalue weighted by atomic mass is 9.81. The van der Waals surface area contributed by atoms with Crippen molar-refractivity contribution in [3.63, 3.8) is 0 Å². The van der Waals surface area contributed by atoms with Crippen LogP contribution in [0.2, 0.25) is 0 Å². The maximum Gasteiger partial charge on any atom is 0.167 e. The van der Waals surface area contributed by atoms with E-state index in [2.05, 4.69) is 41.0 Å². The van der Waals surface area contributed by atoms with Gasteiger partial charge in [0.2, 0.25) is 0 Å². The summed E-state index contributed by atoms with van der Waals surface area (Å²) in [7, 11) is 1.67. The van der Waals surface area contributed by atoms with Gasteiger partial charge in [-0.15, -0.1) is 0 Å². The Bertz CT molecular complexity index is 1540. The van der Waals surface area contributed by atoms with Gasteiger partial charge >= 0.3 is 0 Å². The second kappa shape index (κ2) is 8.03. The second-order valence-electron chi connectivity index (χ2n) is 8.94. The van der Waals surface area contributed by atoms with Gasteiger partial charge in [0.1, 0.15) is 11.4 Å². The van der Waals surface area contributed by atoms with E-state index < -0.39 is 0 Å². The molecule has 5 heteroatoms. The van der Waals surface area contributed by atoms with E-state index in [-0.39, 0.29) is 11.7 Å². The molecule has 0 spiro atoms. The zero-order valence-corrected chi connectivity index (χ0v) is 19.0. The number of methoxy groups -OCH3 is 1. The molecule has 6 rings (SSSR count). The molecular weight excluding hydrogens is 422 g/mol. The average Bonchev–Trinajstić information content (AvgIpc) is 3.18. The molecule has 168 valence electrons. The molecule has 0 fully saturated rings. The Balaban J connectivity index is 1.54. The van der Waals surface area contributed by atoms with Crippen molar-refractivity contribution in [1.29, 1.82) is 0 Å². The van der Waals surface area contributed by atoms with E-state index in [9.17, 15) is 4.79 Å². The lowest BCUT2D eigenvalue weighted by Gasteiger charge is -2.25. The summed E-state index contributed by atoms with van der Waals surface area (Å²) in [6.07, 6.45) is 1.16. The highest BCUT2D eigenvalue weighted by molar-refractivity contribution is 6.18. The van der Waals surface area contributed by atoms with Crippen LogP contribution < -0.4 is 10.5 Å². The number of carbonyl (C=O) groups excluding carboxylic acids is 1. The molecule has 5 nitrogen and oxygen atoms in total. The Morgan fingerprint density at radius 3 is 2.47 bits per heavy atom. The van der Waals surface area contributed by atoms with Crippen LogP contribution in [0.4, 0.5) is 5.69 Å². The molecule has 0 aliphatic heterocycles. The molecule has 5 aromatic rings. The van der Waals surface area contributed by atoms with E-state index in [0.29, 0.717) is 30.6 Å². The monoisotopic (exact) mass is 447 g/mol. The molecule has 2 aromatic heterocycles. The molecule has 0 radical (unpaired) electrons. The van der Waals surface area contributed by atoms with Crippen LogP contribution in [-0.2, 0) is 13.0 Å². The lowest BCUT2D eigenvalue weighted by molar-refractivity contribution is 0.0964. The fourth-order valence-corrected chi connectivity index (χ4v) is 5.26. The van der Waals surface area contributed by atoms with Crippen molar-refractivity contribution < 1.29 is 9.53 Å². The highest BCUT2D eigenvalue weighted by Gasteiger charge is 2.31. The van der Waals surface area contributed by atoms with Crippen LogP contribution in [0.5, 0.6) is 5.75 Å². The van der Waals surface area contributed by atoms with Crippen LogP contribution >= 0.6 is 0 Å². The number of pyridine rings is 1. The van der Waals surface area contributed by atoms with E-state index in [1.54, 1.807) is 7.11 Å². The number of aromatic nitrogens is 2. The second-order valence-corrected chi connectivity index (χ2v) is 8.94. The van der Waals surface area contributed by atoms with Gasteiger partial charge in [-0.1, -0.05) is 60.7 Å². The van der Waals surface area contributed by atoms with Crippen molar-refractivity contribution in [2.75, 3.05) is 12.8 Å². The molecule has 0 saturated carbocycles. The molecule has 0 saturated heterocycles. The Hall–Kier alpha value is -4.12. The average molecular weight is 448 g/mol. The minimum atomic E-state index is 0.0778. The number of Topliss-reactive ketones (excluding diaryl/α,β-unsaturated/α-hetero) is 1. The number of para-hydroxylation sites is 1. The smallest absolute Gasteiger partial charge is 0.167 e. The maximum absolute atomic E-state index is 13.3. The topological polar surface area (TPSA) is 70.1 Å². The van der Waals surface area contributed by atoms with Crippen molar-refractivity contribution in [3.05, 3.63) is 101 Å². The van der Waals surface area contributed by atoms with Gasteiger partial charge in [0.25, 0.3) is 0 Å². The van der Waals surface area contributed by atoms with E-state index in [1.807, 2.05) is 42.5 Å². The van der Waals surface area contributed by atoms with Gasteiger partial charge in [0.15, 0.2) is 5.78 Å². The fourth-order valence-electron chi connectivity index (χ4n) is 5.26. The van der Waals surface area contributed by atoms with E-state index in [1.165, 1.54) is 5.56 Å². The molecule has 1 aliphatic rings. The number of rotatable bonds is 4. The van der Waals surface area contributed by atoms with Gasteiger partial charge in [-0.05, 0) is 41.7 Å². The van der Waals surface area contributed by atoms with Crippen molar-refractivity contribution >= 4 is 33.4 Å². The number of benzene rings is 3. The third-order valence-electron chi connectivity index (χ3n) is 6.93. The SMILES string of the molecule is COc1ccc(Cn2c3ccccc3c3c(N)c4c(nc32)CC(c2ccccc2)CC4=O)cc1. The molecule has 1 unspecified atom stereocenters. The Morgan fingerprint density at radius 2 is 1.71 bits per heavy atom. The van der Waals surface area contributed by atoms with Gasteiger partial charge < -0.3 is 15.0 Å². The first-order chi connectivity index (χ1) is 16.6. The summed E-state index contributed by atoms with van der Waals surface area (Å²) in [5.41, 5.74) is 12.9. The number of ether oxygens (including phenoxy) is 1. The zero-order chi connectivity index (χ0) is 23.2. The van der Waals surface area contributed by atoms with Crippen LogP contribution in [-0.4, -0.2) is 22.4 Å². The van der Waals surface area contributed by atoms with E-state index in [4.69, 9.17) is 15.5 Å². The van der Waals surface area contributed by atoms with Gasteiger partial charge in [-0.25, -0.2) is 4.98 Å². The summed E-state index contributed by atoms with van der Waals surface area (Å²) in [5.74, 6) is 1.02. The predicted molar refractivity (Wildman–Crippen MR) is 136 cm³/mol. The number of hydrogen-bond donors (Lipinski definition) is 1. The molecule has 2 heterocycles. The van der Waals surface area contributed by atoms with Crippen LogP contribution in [0.25, 0.3) is 21.9 Å². The summed E-state index contributed by atoms with van der Waals surface area (Å²) in [6, 6.07) is 26.5. The van der Waals surface area contributed by atoms with Crippen LogP contribution in [0, 0.1) is 0 Å². The Kier molecular flexibility index (Phi) is 4.84. The van der Waals surface area contributed by atoms with Crippen LogP contribution in [0.3, 0.4) is 0 Å². The van der Waals surface area contributed by atoms with Crippen molar-refractivity contribution in [2.45, 2.75) is 25.3 Å². The van der Waals surface area contributed by atoms with Crippen LogP contribution in [0.15, 0.2) is 78.9 Å². The summed E-state index contributed by atoms with van der Waals surface area (Å²) in [5, 5.41) is 1.89. The quantitative estimate of drug-likeness (QED) is 0.381. The number of ketones is 1. The molecule has 3 aromatic carbocycles. The van der Waals surface area contributed by atoms with Crippen molar-refractivity contribution in [2.24, 2.45) is 0 Å². The largest absolute Gasteiger partial charge is 0.497 e. The minimum Gasteiger partial charge on any atom is -0.497 e. The third-order valence-corrected chi connectivity index (χ3v) is 6.93. The Morgan fingerprint density at radius 1 is 0.971 bits per heavy atom. The maximum atomic E-state index is 13.3. The van der Waals surface area contributed by atoms with Gasteiger partial charge in [-0.3, -0.25) is 4.79 Å². The number of nitrogens with zero attached hydrogens (tertiary/aromatic N) is 2. The standard InChI is InChI=1S/C29H25N3O2/c1-34-21-13-11-18(12-14-21)17-32-24-10-6-5-9-22(24)26-28(30)27-23(31-29(26)32)15-20(16-25(27)33)19-7-3-2-4-8-19/h2-14,20H,15-17H2,1H3,(H2,30,31). The number of carbonyl (C=O) groups is 1. The van der Waals surface area contributed by atoms with E-state index >= 15 is 0 Å². The van der Waals surface area contributed by atoms with E-state index in [0.717, 1.165) is 38.9 Å². The van der Waals surface area contributed by atoms with Crippen molar-refractivity contribution in [1.82, 2.24) is 9.55 Å². The minimum absolute atomic E-state index is 0.0778. The normalized spacial score (nSPS) is 15.6.